The minimum Gasteiger partial charge on any atom is -0.502 e. The average molecular weight is 130 g/mol. The van der Waals surface area contributed by atoms with Gasteiger partial charge in [0.05, 0.1) is 7.11 Å². The summed E-state index contributed by atoms with van der Waals surface area (Å²) in [6, 6.07) is 0. The van der Waals surface area contributed by atoms with Gasteiger partial charge in [-0.3, -0.25) is 0 Å². The summed E-state index contributed by atoms with van der Waals surface area (Å²) in [7, 11) is 1.22. The van der Waals surface area contributed by atoms with Crippen LogP contribution in [0.4, 0.5) is 0 Å². The Morgan fingerprint density at radius 3 is 2.67 bits per heavy atom. The van der Waals surface area contributed by atoms with Crippen LogP contribution in [0.1, 0.15) is 13.3 Å². The van der Waals surface area contributed by atoms with Crippen molar-refractivity contribution in [3.05, 3.63) is 11.8 Å². The Morgan fingerprint density at radius 2 is 2.33 bits per heavy atom. The van der Waals surface area contributed by atoms with Gasteiger partial charge in [-0.15, -0.1) is 0 Å². The first kappa shape index (κ1) is 8.01. The van der Waals surface area contributed by atoms with Crippen molar-refractivity contribution in [2.24, 2.45) is 0 Å². The topological polar surface area (TPSA) is 46.5 Å². The van der Waals surface area contributed by atoms with E-state index in [-0.39, 0.29) is 5.76 Å². The van der Waals surface area contributed by atoms with Gasteiger partial charge in [-0.05, 0) is 12.5 Å². The van der Waals surface area contributed by atoms with Crippen molar-refractivity contribution in [2.75, 3.05) is 7.11 Å². The molecule has 1 N–H and O–H groups in total. The normalized spacial score (nSPS) is 11.1. The van der Waals surface area contributed by atoms with Crippen molar-refractivity contribution in [2.45, 2.75) is 13.3 Å². The lowest BCUT2D eigenvalue weighted by molar-refractivity contribution is -0.139. The van der Waals surface area contributed by atoms with E-state index in [1.54, 1.807) is 0 Å². The number of allylic oxidation sites excluding steroid dienone is 1. The molecule has 3 nitrogen and oxygen atoms in total. The molecule has 0 saturated carbocycles. The summed E-state index contributed by atoms with van der Waals surface area (Å²) in [5.41, 5.74) is 0. The van der Waals surface area contributed by atoms with E-state index >= 15 is 0 Å². The SMILES string of the molecule is CC/C=C(\O)C(=O)OC. The zero-order valence-electron chi connectivity index (χ0n) is 5.55. The fourth-order valence-electron chi connectivity index (χ4n) is 0.381. The molecule has 9 heavy (non-hydrogen) atoms. The van der Waals surface area contributed by atoms with Gasteiger partial charge >= 0.3 is 5.97 Å². The molecule has 0 aliphatic rings. The highest BCUT2D eigenvalue weighted by Crippen LogP contribution is 1.92. The molecule has 0 heterocycles. The van der Waals surface area contributed by atoms with Gasteiger partial charge in [-0.2, -0.15) is 0 Å². The zero-order chi connectivity index (χ0) is 7.28. The highest BCUT2D eigenvalue weighted by molar-refractivity contribution is 5.85. The van der Waals surface area contributed by atoms with Crippen LogP contribution >= 0.6 is 0 Å². The number of esters is 1. The molecule has 3 heteroatoms. The summed E-state index contributed by atoms with van der Waals surface area (Å²) >= 11 is 0. The number of aliphatic hydroxyl groups excluding tert-OH is 1. The molecule has 0 atom stereocenters. The molecule has 0 aromatic rings. The lowest BCUT2D eigenvalue weighted by Crippen LogP contribution is -2.03. The van der Waals surface area contributed by atoms with Crippen LogP contribution in [0.2, 0.25) is 0 Å². The predicted octanol–water partition coefficient (Wildman–Crippen LogP) is 1.01. The highest BCUT2D eigenvalue weighted by Gasteiger charge is 2.03. The van der Waals surface area contributed by atoms with Crippen LogP contribution in [0.3, 0.4) is 0 Å². The van der Waals surface area contributed by atoms with Gasteiger partial charge in [0.15, 0.2) is 5.76 Å². The van der Waals surface area contributed by atoms with Crippen molar-refractivity contribution >= 4 is 5.97 Å². The Morgan fingerprint density at radius 1 is 1.78 bits per heavy atom. The minimum atomic E-state index is -0.683. The zero-order valence-corrected chi connectivity index (χ0v) is 5.55. The van der Waals surface area contributed by atoms with Crippen LogP contribution in [-0.4, -0.2) is 18.2 Å². The molecule has 0 radical (unpaired) electrons. The van der Waals surface area contributed by atoms with Gasteiger partial charge in [0.25, 0.3) is 0 Å². The minimum absolute atomic E-state index is 0.319. The molecule has 0 amide bonds. The number of methoxy groups -OCH3 is 1. The van der Waals surface area contributed by atoms with Crippen LogP contribution in [0.25, 0.3) is 0 Å². The molecule has 0 rings (SSSR count). The van der Waals surface area contributed by atoms with Gasteiger partial charge in [0, 0.05) is 0 Å². The summed E-state index contributed by atoms with van der Waals surface area (Å²) < 4.78 is 4.21. The molecule has 0 bridgehead atoms. The molecule has 52 valence electrons. The first-order valence-corrected chi connectivity index (χ1v) is 2.69. The standard InChI is InChI=1S/C6H10O3/c1-3-4-5(7)6(8)9-2/h4,7H,3H2,1-2H3/b5-4-. The number of carbonyl (C=O) groups excluding carboxylic acids is 1. The number of rotatable bonds is 2. The molecular weight excluding hydrogens is 120 g/mol. The van der Waals surface area contributed by atoms with E-state index in [4.69, 9.17) is 5.11 Å². The number of hydrogen-bond donors (Lipinski definition) is 1. The molecule has 0 aliphatic carbocycles. The highest BCUT2D eigenvalue weighted by atomic mass is 16.5. The summed E-state index contributed by atoms with van der Waals surface area (Å²) in [6.07, 6.45) is 2.02. The average Bonchev–Trinajstić information content (AvgIpc) is 1.87. The van der Waals surface area contributed by atoms with Crippen molar-refractivity contribution in [3.63, 3.8) is 0 Å². The third kappa shape index (κ3) is 2.74. The first-order chi connectivity index (χ1) is 4.22. The molecular formula is C6H10O3. The second-order valence-corrected chi connectivity index (χ2v) is 1.49. The number of aliphatic hydroxyl groups is 1. The van der Waals surface area contributed by atoms with Crippen LogP contribution in [-0.2, 0) is 9.53 Å². The summed E-state index contributed by atoms with van der Waals surface area (Å²) in [6.45, 7) is 1.82. The monoisotopic (exact) mass is 130 g/mol. The summed E-state index contributed by atoms with van der Waals surface area (Å²) in [4.78, 5) is 10.4. The van der Waals surface area contributed by atoms with Gasteiger partial charge in [0.1, 0.15) is 0 Å². The van der Waals surface area contributed by atoms with Crippen LogP contribution < -0.4 is 0 Å². The van der Waals surface area contributed by atoms with E-state index in [0.29, 0.717) is 6.42 Å². The lowest BCUT2D eigenvalue weighted by Gasteiger charge is -1.94. The molecule has 0 aromatic carbocycles. The third-order valence-electron chi connectivity index (χ3n) is 0.792. The molecule has 0 spiro atoms. The van der Waals surface area contributed by atoms with E-state index in [2.05, 4.69) is 4.74 Å². The Bertz CT molecular complexity index is 126. The van der Waals surface area contributed by atoms with E-state index in [0.717, 1.165) is 0 Å². The molecule has 0 unspecified atom stereocenters. The Hall–Kier alpha value is -0.990. The fourth-order valence-corrected chi connectivity index (χ4v) is 0.381. The maximum Gasteiger partial charge on any atom is 0.372 e. The van der Waals surface area contributed by atoms with Gasteiger partial charge < -0.3 is 9.84 Å². The molecule has 0 aliphatic heterocycles. The third-order valence-corrected chi connectivity index (χ3v) is 0.792. The molecule has 0 fully saturated rings. The Labute approximate surface area is 53.9 Å². The van der Waals surface area contributed by atoms with Crippen LogP contribution in [0.15, 0.2) is 11.8 Å². The van der Waals surface area contributed by atoms with E-state index < -0.39 is 5.97 Å². The van der Waals surface area contributed by atoms with E-state index in [1.165, 1.54) is 13.2 Å². The molecule has 0 aromatic heterocycles. The summed E-state index contributed by atoms with van der Waals surface area (Å²) in [5, 5.41) is 8.70. The quantitative estimate of drug-likeness (QED) is 0.344. The summed E-state index contributed by atoms with van der Waals surface area (Å²) in [5.74, 6) is -1.00. The first-order valence-electron chi connectivity index (χ1n) is 2.69. The van der Waals surface area contributed by atoms with Crippen LogP contribution in [0.5, 0.6) is 0 Å². The predicted molar refractivity (Wildman–Crippen MR) is 33.0 cm³/mol. The second kappa shape index (κ2) is 3.95. The number of carbonyl (C=O) groups is 1. The van der Waals surface area contributed by atoms with Gasteiger partial charge in [-0.25, -0.2) is 4.79 Å². The number of hydrogen-bond acceptors (Lipinski definition) is 3. The number of ether oxygens (including phenoxy) is 1. The van der Waals surface area contributed by atoms with Crippen molar-refractivity contribution in [1.29, 1.82) is 0 Å². The Kier molecular flexibility index (Phi) is 3.51. The smallest absolute Gasteiger partial charge is 0.372 e. The molecule has 0 saturated heterocycles. The largest absolute Gasteiger partial charge is 0.502 e. The van der Waals surface area contributed by atoms with Gasteiger partial charge in [0.2, 0.25) is 0 Å². The van der Waals surface area contributed by atoms with Crippen molar-refractivity contribution in [3.8, 4) is 0 Å². The lowest BCUT2D eigenvalue weighted by atomic mass is 10.4. The van der Waals surface area contributed by atoms with E-state index in [9.17, 15) is 4.79 Å². The van der Waals surface area contributed by atoms with Gasteiger partial charge in [-0.1, -0.05) is 6.92 Å². The van der Waals surface area contributed by atoms with Crippen LogP contribution in [0, 0.1) is 0 Å². The van der Waals surface area contributed by atoms with Crippen molar-refractivity contribution in [1.82, 2.24) is 0 Å². The Balaban J connectivity index is 3.86. The van der Waals surface area contributed by atoms with Crippen molar-refractivity contribution < 1.29 is 14.6 Å². The fraction of sp³-hybridized carbons (Fsp3) is 0.500. The van der Waals surface area contributed by atoms with E-state index in [1.807, 2.05) is 6.92 Å². The second-order valence-electron chi connectivity index (χ2n) is 1.49. The maximum absolute atomic E-state index is 10.4. The maximum atomic E-state index is 10.4.